The number of aromatic nitrogens is 3. The number of benzene rings is 1. The molecule has 0 aliphatic heterocycles. The molecule has 0 bridgehead atoms. The maximum atomic E-state index is 12.0. The third-order valence-electron chi connectivity index (χ3n) is 3.22. The predicted molar refractivity (Wildman–Crippen MR) is 78.8 cm³/mol. The molecule has 1 atom stereocenters. The van der Waals surface area contributed by atoms with Crippen molar-refractivity contribution in [2.75, 3.05) is 0 Å². The molecular weight excluding hydrogens is 284 g/mol. The first-order valence-electron chi connectivity index (χ1n) is 7.03. The molecule has 7 nitrogen and oxygen atoms in total. The van der Waals surface area contributed by atoms with Gasteiger partial charge in [-0.1, -0.05) is 30.3 Å². The molecule has 0 radical (unpaired) electrons. The molecule has 1 amide bonds. The second-order valence-electron chi connectivity index (χ2n) is 4.87. The summed E-state index contributed by atoms with van der Waals surface area (Å²) in [4.78, 5) is 26.6. The molecule has 2 N–H and O–H groups in total. The summed E-state index contributed by atoms with van der Waals surface area (Å²) in [5.41, 5.74) is 0.901. The predicted octanol–water partition coefficient (Wildman–Crippen LogP) is 1.39. The lowest BCUT2D eigenvalue weighted by atomic mass is 10.0. The van der Waals surface area contributed by atoms with Crippen LogP contribution in [0.3, 0.4) is 0 Å². The van der Waals surface area contributed by atoms with Gasteiger partial charge in [-0.05, 0) is 12.0 Å². The Hall–Kier alpha value is -2.70. The highest BCUT2D eigenvalue weighted by Crippen LogP contribution is 2.18. The van der Waals surface area contributed by atoms with Crippen LogP contribution < -0.4 is 5.32 Å². The van der Waals surface area contributed by atoms with Crippen LogP contribution in [-0.4, -0.2) is 31.7 Å². The van der Waals surface area contributed by atoms with E-state index in [2.05, 4.69) is 15.4 Å². The summed E-state index contributed by atoms with van der Waals surface area (Å²) in [5, 5.41) is 15.7. The van der Waals surface area contributed by atoms with Crippen molar-refractivity contribution < 1.29 is 14.7 Å². The number of aliphatic carboxylic acids is 1. The van der Waals surface area contributed by atoms with Crippen LogP contribution in [0.1, 0.15) is 30.9 Å². The van der Waals surface area contributed by atoms with Crippen LogP contribution in [0.25, 0.3) is 0 Å². The van der Waals surface area contributed by atoms with Crippen molar-refractivity contribution in [3.05, 3.63) is 48.5 Å². The SMILES string of the molecule is O=C(O)CCC(NC(=O)CCn1cncn1)c1ccccc1. The highest BCUT2D eigenvalue weighted by Gasteiger charge is 2.15. The fourth-order valence-corrected chi connectivity index (χ4v) is 2.11. The number of hydrogen-bond donors (Lipinski definition) is 2. The number of carbonyl (C=O) groups is 2. The number of nitrogens with zero attached hydrogens (tertiary/aromatic N) is 3. The summed E-state index contributed by atoms with van der Waals surface area (Å²) < 4.78 is 1.58. The van der Waals surface area contributed by atoms with E-state index in [4.69, 9.17) is 5.11 Å². The zero-order valence-corrected chi connectivity index (χ0v) is 12.1. The van der Waals surface area contributed by atoms with Gasteiger partial charge in [0.1, 0.15) is 12.7 Å². The van der Waals surface area contributed by atoms with E-state index in [0.29, 0.717) is 13.0 Å². The van der Waals surface area contributed by atoms with E-state index in [1.807, 2.05) is 30.3 Å². The molecule has 0 saturated heterocycles. The Kier molecular flexibility index (Phi) is 5.65. The van der Waals surface area contributed by atoms with Crippen LogP contribution in [0.5, 0.6) is 0 Å². The minimum absolute atomic E-state index is 0.00289. The van der Waals surface area contributed by atoms with Crippen molar-refractivity contribution in [1.82, 2.24) is 20.1 Å². The number of aryl methyl sites for hydroxylation is 1. The Morgan fingerprint density at radius 1 is 1.23 bits per heavy atom. The number of carboxylic acid groups (broad SMARTS) is 1. The normalized spacial score (nSPS) is 11.8. The molecule has 2 rings (SSSR count). The van der Waals surface area contributed by atoms with Gasteiger partial charge < -0.3 is 10.4 Å². The Morgan fingerprint density at radius 3 is 2.64 bits per heavy atom. The lowest BCUT2D eigenvalue weighted by molar-refractivity contribution is -0.137. The molecule has 0 saturated carbocycles. The van der Waals surface area contributed by atoms with E-state index in [1.54, 1.807) is 11.0 Å². The summed E-state index contributed by atoms with van der Waals surface area (Å²) in [6, 6.07) is 9.06. The number of carbonyl (C=O) groups excluding carboxylic acids is 1. The lowest BCUT2D eigenvalue weighted by Gasteiger charge is -2.18. The van der Waals surface area contributed by atoms with E-state index in [0.717, 1.165) is 5.56 Å². The highest BCUT2D eigenvalue weighted by atomic mass is 16.4. The maximum absolute atomic E-state index is 12.0. The Bertz CT molecular complexity index is 599. The molecule has 0 aliphatic rings. The number of rotatable bonds is 8. The third-order valence-corrected chi connectivity index (χ3v) is 3.22. The molecule has 1 heterocycles. The van der Waals surface area contributed by atoms with Crippen LogP contribution in [-0.2, 0) is 16.1 Å². The average Bonchev–Trinajstić information content (AvgIpc) is 3.03. The highest BCUT2D eigenvalue weighted by molar-refractivity contribution is 5.76. The number of hydrogen-bond acceptors (Lipinski definition) is 4. The first-order chi connectivity index (χ1) is 10.6. The average molecular weight is 302 g/mol. The second-order valence-corrected chi connectivity index (χ2v) is 4.87. The van der Waals surface area contributed by atoms with Crippen molar-refractivity contribution in [3.8, 4) is 0 Å². The Labute approximate surface area is 128 Å². The summed E-state index contributed by atoms with van der Waals surface area (Å²) in [5.74, 6) is -1.02. The molecule has 1 unspecified atom stereocenters. The minimum Gasteiger partial charge on any atom is -0.481 e. The molecule has 2 aromatic rings. The van der Waals surface area contributed by atoms with Crippen LogP contribution >= 0.6 is 0 Å². The van der Waals surface area contributed by atoms with E-state index in [-0.39, 0.29) is 24.8 Å². The van der Waals surface area contributed by atoms with Crippen LogP contribution in [0, 0.1) is 0 Å². The van der Waals surface area contributed by atoms with Crippen molar-refractivity contribution in [2.24, 2.45) is 0 Å². The summed E-state index contributed by atoms with van der Waals surface area (Å²) in [7, 11) is 0. The molecule has 7 heteroatoms. The van der Waals surface area contributed by atoms with E-state index >= 15 is 0 Å². The second kappa shape index (κ2) is 7.92. The molecule has 116 valence electrons. The molecule has 0 spiro atoms. The minimum atomic E-state index is -0.877. The fourth-order valence-electron chi connectivity index (χ4n) is 2.11. The fraction of sp³-hybridized carbons (Fsp3) is 0.333. The van der Waals surface area contributed by atoms with Gasteiger partial charge in [0.2, 0.25) is 5.91 Å². The van der Waals surface area contributed by atoms with Gasteiger partial charge >= 0.3 is 5.97 Å². The van der Waals surface area contributed by atoms with Crippen LogP contribution in [0.15, 0.2) is 43.0 Å². The van der Waals surface area contributed by atoms with Gasteiger partial charge in [-0.15, -0.1) is 0 Å². The Morgan fingerprint density at radius 2 is 2.00 bits per heavy atom. The van der Waals surface area contributed by atoms with Gasteiger partial charge in [-0.3, -0.25) is 14.3 Å². The largest absolute Gasteiger partial charge is 0.481 e. The summed E-state index contributed by atoms with van der Waals surface area (Å²) in [6.07, 6.45) is 3.58. The van der Waals surface area contributed by atoms with Gasteiger partial charge in [0, 0.05) is 12.8 Å². The van der Waals surface area contributed by atoms with Gasteiger partial charge in [-0.25, -0.2) is 4.98 Å². The lowest BCUT2D eigenvalue weighted by Crippen LogP contribution is -2.29. The molecule has 1 aromatic carbocycles. The van der Waals surface area contributed by atoms with Gasteiger partial charge in [0.25, 0.3) is 0 Å². The van der Waals surface area contributed by atoms with Crippen LogP contribution in [0.4, 0.5) is 0 Å². The standard InChI is InChI=1S/C15H18N4O3/c20-14(8-9-19-11-16-10-17-19)18-13(6-7-15(21)22)12-4-2-1-3-5-12/h1-5,10-11,13H,6-9H2,(H,18,20)(H,21,22). The maximum Gasteiger partial charge on any atom is 0.303 e. The van der Waals surface area contributed by atoms with Crippen molar-refractivity contribution in [1.29, 1.82) is 0 Å². The van der Waals surface area contributed by atoms with Gasteiger partial charge in [0.15, 0.2) is 0 Å². The van der Waals surface area contributed by atoms with E-state index in [9.17, 15) is 9.59 Å². The topological polar surface area (TPSA) is 97.1 Å². The monoisotopic (exact) mass is 302 g/mol. The molecule has 22 heavy (non-hydrogen) atoms. The summed E-state index contributed by atoms with van der Waals surface area (Å²) in [6.45, 7) is 0.437. The van der Waals surface area contributed by atoms with Crippen molar-refractivity contribution in [2.45, 2.75) is 31.8 Å². The Balaban J connectivity index is 1.93. The van der Waals surface area contributed by atoms with Gasteiger partial charge in [-0.2, -0.15) is 5.10 Å². The van der Waals surface area contributed by atoms with E-state index < -0.39 is 5.97 Å². The van der Waals surface area contributed by atoms with Crippen molar-refractivity contribution in [3.63, 3.8) is 0 Å². The third kappa shape index (κ3) is 5.01. The molecular formula is C15H18N4O3. The molecule has 1 aromatic heterocycles. The molecule has 0 aliphatic carbocycles. The zero-order valence-electron chi connectivity index (χ0n) is 12.1. The molecule has 0 fully saturated rings. The van der Waals surface area contributed by atoms with Crippen molar-refractivity contribution >= 4 is 11.9 Å². The smallest absolute Gasteiger partial charge is 0.303 e. The summed E-state index contributed by atoms with van der Waals surface area (Å²) >= 11 is 0. The first kappa shape index (κ1) is 15.7. The quantitative estimate of drug-likeness (QED) is 0.768. The first-order valence-corrected chi connectivity index (χ1v) is 7.03. The zero-order chi connectivity index (χ0) is 15.8. The number of carboxylic acids is 1. The number of nitrogens with one attached hydrogen (secondary N) is 1. The van der Waals surface area contributed by atoms with Crippen LogP contribution in [0.2, 0.25) is 0 Å². The van der Waals surface area contributed by atoms with E-state index in [1.165, 1.54) is 6.33 Å². The van der Waals surface area contributed by atoms with Gasteiger partial charge in [0.05, 0.1) is 12.6 Å². The number of amides is 1.